The van der Waals surface area contributed by atoms with E-state index < -0.39 is 0 Å². The van der Waals surface area contributed by atoms with Crippen molar-refractivity contribution in [2.45, 2.75) is 142 Å². The van der Waals surface area contributed by atoms with Gasteiger partial charge in [-0.25, -0.2) is 0 Å². The first-order chi connectivity index (χ1) is 12.4. The highest BCUT2D eigenvalue weighted by atomic mass is 24.3. The monoisotopic (exact) mass is 378 g/mol. The highest BCUT2D eigenvalue weighted by molar-refractivity contribution is 5.75. The maximum Gasteiger partial charge on any atom is 0.0466 e. The molecule has 0 saturated heterocycles. The Hall–Kier alpha value is 0.726. The van der Waals surface area contributed by atoms with Crippen molar-refractivity contribution in [3.8, 4) is 0 Å². The van der Waals surface area contributed by atoms with Gasteiger partial charge in [0.1, 0.15) is 0 Å². The lowest BCUT2D eigenvalue weighted by molar-refractivity contribution is 0.125. The van der Waals surface area contributed by atoms with E-state index in [9.17, 15) is 0 Å². The van der Waals surface area contributed by atoms with Crippen LogP contribution in [0.3, 0.4) is 0 Å². The van der Waals surface area contributed by atoms with Gasteiger partial charge in [-0.15, -0.1) is 0 Å². The SMILES string of the molecule is CCCCCCCCCCCCOCCCCCCCCCCCC.[Mg]. The normalized spacial score (nSPS) is 10.8. The lowest BCUT2D eigenvalue weighted by Crippen LogP contribution is -1.97. The van der Waals surface area contributed by atoms with E-state index in [4.69, 9.17) is 4.74 Å². The van der Waals surface area contributed by atoms with Gasteiger partial charge in [-0.1, -0.05) is 129 Å². The van der Waals surface area contributed by atoms with Crippen LogP contribution in [0.25, 0.3) is 0 Å². The van der Waals surface area contributed by atoms with Crippen molar-refractivity contribution in [1.82, 2.24) is 0 Å². The number of hydrogen-bond acceptors (Lipinski definition) is 1. The molecule has 0 atom stereocenters. The van der Waals surface area contributed by atoms with Crippen molar-refractivity contribution in [3.05, 3.63) is 0 Å². The van der Waals surface area contributed by atoms with Gasteiger partial charge in [0.25, 0.3) is 0 Å². The van der Waals surface area contributed by atoms with E-state index in [0.717, 1.165) is 13.2 Å². The average Bonchev–Trinajstić information content (AvgIpc) is 2.63. The first kappa shape index (κ1) is 28.9. The molecule has 0 bridgehead atoms. The third-order valence-electron chi connectivity index (χ3n) is 5.28. The van der Waals surface area contributed by atoms with E-state index in [1.54, 1.807) is 0 Å². The quantitative estimate of drug-likeness (QED) is 0.135. The molecule has 0 amide bonds. The predicted molar refractivity (Wildman–Crippen MR) is 120 cm³/mol. The smallest absolute Gasteiger partial charge is 0.0466 e. The summed E-state index contributed by atoms with van der Waals surface area (Å²) < 4.78 is 5.78. The van der Waals surface area contributed by atoms with Crippen LogP contribution in [0.2, 0.25) is 0 Å². The molecule has 0 aliphatic rings. The Morgan fingerprint density at radius 1 is 0.346 bits per heavy atom. The minimum atomic E-state index is 0. The second-order valence-corrected chi connectivity index (χ2v) is 7.98. The van der Waals surface area contributed by atoms with Crippen LogP contribution in [0.5, 0.6) is 0 Å². The molecular weight excluding hydrogens is 329 g/mol. The molecule has 2 heteroatoms. The summed E-state index contributed by atoms with van der Waals surface area (Å²) in [5, 5.41) is 0. The molecule has 0 spiro atoms. The van der Waals surface area contributed by atoms with Crippen molar-refractivity contribution in [2.75, 3.05) is 13.2 Å². The second kappa shape index (κ2) is 27.9. The molecule has 0 heterocycles. The zero-order chi connectivity index (χ0) is 18.3. The molecule has 26 heavy (non-hydrogen) atoms. The number of rotatable bonds is 22. The van der Waals surface area contributed by atoms with Crippen LogP contribution >= 0.6 is 0 Å². The second-order valence-electron chi connectivity index (χ2n) is 7.98. The molecule has 154 valence electrons. The van der Waals surface area contributed by atoms with Gasteiger partial charge in [-0.2, -0.15) is 0 Å². The fourth-order valence-electron chi connectivity index (χ4n) is 3.49. The summed E-state index contributed by atoms with van der Waals surface area (Å²) in [6, 6.07) is 0. The third kappa shape index (κ3) is 27.0. The van der Waals surface area contributed by atoms with Gasteiger partial charge in [-0.05, 0) is 12.8 Å². The van der Waals surface area contributed by atoms with Gasteiger partial charge in [0.2, 0.25) is 0 Å². The van der Waals surface area contributed by atoms with E-state index in [1.807, 2.05) is 0 Å². The maximum atomic E-state index is 5.78. The minimum Gasteiger partial charge on any atom is -0.381 e. The lowest BCUT2D eigenvalue weighted by atomic mass is 10.1. The summed E-state index contributed by atoms with van der Waals surface area (Å²) in [5.74, 6) is 0. The number of unbranched alkanes of at least 4 members (excludes halogenated alkanes) is 18. The van der Waals surface area contributed by atoms with Crippen LogP contribution in [0, 0.1) is 0 Å². The Bertz CT molecular complexity index is 198. The molecule has 0 unspecified atom stereocenters. The van der Waals surface area contributed by atoms with Crippen molar-refractivity contribution in [2.24, 2.45) is 0 Å². The fraction of sp³-hybridized carbons (Fsp3) is 1.00. The van der Waals surface area contributed by atoms with Gasteiger partial charge in [0.05, 0.1) is 0 Å². The van der Waals surface area contributed by atoms with Crippen molar-refractivity contribution < 1.29 is 4.74 Å². The molecule has 0 aromatic carbocycles. The minimum absolute atomic E-state index is 0. The van der Waals surface area contributed by atoms with Gasteiger partial charge >= 0.3 is 0 Å². The van der Waals surface area contributed by atoms with Crippen molar-refractivity contribution in [1.29, 1.82) is 0 Å². The Morgan fingerprint density at radius 3 is 0.846 bits per heavy atom. The lowest BCUT2D eigenvalue weighted by Gasteiger charge is -2.05. The molecule has 0 aliphatic carbocycles. The van der Waals surface area contributed by atoms with Crippen LogP contribution in [-0.2, 0) is 4.74 Å². The molecule has 0 N–H and O–H groups in total. The molecule has 0 saturated carbocycles. The van der Waals surface area contributed by atoms with E-state index in [1.165, 1.54) is 128 Å². The van der Waals surface area contributed by atoms with Crippen LogP contribution in [0.4, 0.5) is 0 Å². The molecule has 1 nitrogen and oxygen atoms in total. The zero-order valence-electron chi connectivity index (χ0n) is 18.7. The first-order valence-electron chi connectivity index (χ1n) is 12.0. The maximum absolute atomic E-state index is 5.78. The van der Waals surface area contributed by atoms with Crippen LogP contribution in [0.15, 0.2) is 0 Å². The molecule has 0 fully saturated rings. The molecular formula is C24H50MgO. The number of hydrogen-bond donors (Lipinski definition) is 0. The van der Waals surface area contributed by atoms with Gasteiger partial charge in [0.15, 0.2) is 0 Å². The summed E-state index contributed by atoms with van der Waals surface area (Å²) in [7, 11) is 0. The predicted octanol–water partition coefficient (Wildman–Crippen LogP) is 8.46. The molecule has 0 aromatic rings. The molecule has 0 rings (SSSR count). The summed E-state index contributed by atoms with van der Waals surface area (Å²) >= 11 is 0. The Labute approximate surface area is 183 Å². The molecule has 0 aliphatic heterocycles. The van der Waals surface area contributed by atoms with E-state index in [-0.39, 0.29) is 23.1 Å². The first-order valence-corrected chi connectivity index (χ1v) is 12.0. The number of ether oxygens (including phenoxy) is 1. The standard InChI is InChI=1S/C24H50O.Mg/c1-3-5-7-9-11-13-15-17-19-21-23-25-24-22-20-18-16-14-12-10-8-6-4-2;/h3-24H2,1-2H3;. The van der Waals surface area contributed by atoms with Crippen LogP contribution < -0.4 is 0 Å². The Morgan fingerprint density at radius 2 is 0.577 bits per heavy atom. The fourth-order valence-corrected chi connectivity index (χ4v) is 3.49. The topological polar surface area (TPSA) is 9.23 Å². The Balaban J connectivity index is 0. The highest BCUT2D eigenvalue weighted by Crippen LogP contribution is 2.12. The summed E-state index contributed by atoms with van der Waals surface area (Å²) in [6.45, 7) is 6.57. The zero-order valence-corrected chi connectivity index (χ0v) is 20.1. The van der Waals surface area contributed by atoms with Crippen molar-refractivity contribution >= 4 is 23.1 Å². The van der Waals surface area contributed by atoms with Crippen LogP contribution in [-0.4, -0.2) is 36.3 Å². The van der Waals surface area contributed by atoms with Crippen LogP contribution in [0.1, 0.15) is 142 Å². The molecule has 0 aromatic heterocycles. The third-order valence-corrected chi connectivity index (χ3v) is 5.28. The van der Waals surface area contributed by atoms with E-state index in [0.29, 0.717) is 0 Å². The largest absolute Gasteiger partial charge is 0.381 e. The van der Waals surface area contributed by atoms with E-state index in [2.05, 4.69) is 13.8 Å². The Kier molecular flexibility index (Phi) is 31.1. The van der Waals surface area contributed by atoms with Gasteiger partial charge in [0, 0.05) is 36.3 Å². The summed E-state index contributed by atoms with van der Waals surface area (Å²) in [5.41, 5.74) is 0. The van der Waals surface area contributed by atoms with Gasteiger partial charge in [-0.3, -0.25) is 0 Å². The summed E-state index contributed by atoms with van der Waals surface area (Å²) in [4.78, 5) is 0. The van der Waals surface area contributed by atoms with Gasteiger partial charge < -0.3 is 4.74 Å². The summed E-state index contributed by atoms with van der Waals surface area (Å²) in [6.07, 6.45) is 28.2. The molecule has 2 radical (unpaired) electrons. The van der Waals surface area contributed by atoms with Crippen molar-refractivity contribution in [3.63, 3.8) is 0 Å². The highest BCUT2D eigenvalue weighted by Gasteiger charge is 1.95. The van der Waals surface area contributed by atoms with E-state index >= 15 is 0 Å². The average molecular weight is 379 g/mol.